The van der Waals surface area contributed by atoms with Crippen molar-refractivity contribution in [3.05, 3.63) is 59.4 Å². The lowest BCUT2D eigenvalue weighted by Crippen LogP contribution is -2.08. The topological polar surface area (TPSA) is 22.0 Å². The highest BCUT2D eigenvalue weighted by molar-refractivity contribution is 5.92. The zero-order valence-corrected chi connectivity index (χ0v) is 9.28. The van der Waals surface area contributed by atoms with Crippen LogP contribution in [0.25, 0.3) is 0 Å². The first-order valence-corrected chi connectivity index (χ1v) is 5.18. The maximum Gasteiger partial charge on any atom is 0.176 e. The summed E-state index contributed by atoms with van der Waals surface area (Å²) in [6, 6.07) is 6.65. The summed E-state index contributed by atoms with van der Waals surface area (Å²) in [5.74, 6) is -1.07. The Balaban J connectivity index is 2.34. The third-order valence-corrected chi connectivity index (χ3v) is 2.54. The van der Waals surface area contributed by atoms with Crippen molar-refractivity contribution in [2.45, 2.75) is 13.5 Å². The average Bonchev–Trinajstić information content (AvgIpc) is 2.71. The van der Waals surface area contributed by atoms with Crippen molar-refractivity contribution in [3.8, 4) is 0 Å². The van der Waals surface area contributed by atoms with E-state index in [1.165, 1.54) is 6.92 Å². The molecule has 0 saturated carbocycles. The fourth-order valence-corrected chi connectivity index (χ4v) is 1.72. The van der Waals surface area contributed by atoms with Gasteiger partial charge in [-0.25, -0.2) is 8.78 Å². The van der Waals surface area contributed by atoms with Crippen molar-refractivity contribution in [1.29, 1.82) is 0 Å². The lowest BCUT2D eigenvalue weighted by Gasteiger charge is -2.08. The van der Waals surface area contributed by atoms with Crippen molar-refractivity contribution in [1.82, 2.24) is 4.57 Å². The zero-order chi connectivity index (χ0) is 12.4. The number of Topliss-reactive ketones (excluding diaryl/α,β-unsaturated/α-hetero) is 1. The van der Waals surface area contributed by atoms with Crippen LogP contribution >= 0.6 is 0 Å². The SMILES string of the molecule is CC(=O)c1cccn1Cc1cc(F)ccc1F. The molecule has 0 N–H and O–H groups in total. The second-order valence-corrected chi connectivity index (χ2v) is 3.81. The molecule has 88 valence electrons. The number of rotatable bonds is 3. The molecule has 0 bridgehead atoms. The van der Waals surface area contributed by atoms with Crippen LogP contribution in [0.4, 0.5) is 8.78 Å². The maximum absolute atomic E-state index is 13.4. The quantitative estimate of drug-likeness (QED) is 0.749. The number of halogens is 2. The molecular formula is C13H11F2NO. The van der Waals surface area contributed by atoms with E-state index in [0.29, 0.717) is 5.69 Å². The Kier molecular flexibility index (Phi) is 3.04. The fourth-order valence-electron chi connectivity index (χ4n) is 1.72. The monoisotopic (exact) mass is 235 g/mol. The lowest BCUT2D eigenvalue weighted by molar-refractivity contribution is 0.100. The lowest BCUT2D eigenvalue weighted by atomic mass is 10.2. The van der Waals surface area contributed by atoms with Gasteiger partial charge in [0, 0.05) is 18.7 Å². The largest absolute Gasteiger partial charge is 0.341 e. The molecule has 0 radical (unpaired) electrons. The second kappa shape index (κ2) is 4.49. The van der Waals surface area contributed by atoms with Gasteiger partial charge in [0.25, 0.3) is 0 Å². The number of hydrogen-bond acceptors (Lipinski definition) is 1. The first-order valence-electron chi connectivity index (χ1n) is 5.18. The van der Waals surface area contributed by atoms with Gasteiger partial charge in [-0.15, -0.1) is 0 Å². The minimum atomic E-state index is -0.488. The number of carbonyl (C=O) groups is 1. The molecule has 1 aromatic heterocycles. The Bertz CT molecular complexity index is 560. The van der Waals surface area contributed by atoms with Gasteiger partial charge in [0.2, 0.25) is 0 Å². The van der Waals surface area contributed by atoms with Gasteiger partial charge in [-0.05, 0) is 30.3 Å². The summed E-state index contributed by atoms with van der Waals surface area (Å²) in [6.45, 7) is 1.58. The van der Waals surface area contributed by atoms with E-state index in [1.807, 2.05) is 0 Å². The van der Waals surface area contributed by atoms with Gasteiger partial charge in [-0.1, -0.05) is 0 Å². The molecule has 1 aromatic carbocycles. The summed E-state index contributed by atoms with van der Waals surface area (Å²) in [5.41, 5.74) is 0.706. The standard InChI is InChI=1S/C13H11F2NO/c1-9(17)13-3-2-6-16(13)8-10-7-11(14)4-5-12(10)15/h2-7H,8H2,1H3. The predicted molar refractivity (Wildman–Crippen MR) is 59.9 cm³/mol. The van der Waals surface area contributed by atoms with Gasteiger partial charge in [0.15, 0.2) is 5.78 Å². The molecular weight excluding hydrogens is 224 g/mol. The van der Waals surface area contributed by atoms with E-state index < -0.39 is 11.6 Å². The first kappa shape index (κ1) is 11.5. The highest BCUT2D eigenvalue weighted by Crippen LogP contribution is 2.13. The normalized spacial score (nSPS) is 10.5. The van der Waals surface area contributed by atoms with Crippen molar-refractivity contribution in [3.63, 3.8) is 0 Å². The van der Waals surface area contributed by atoms with E-state index in [0.717, 1.165) is 18.2 Å². The van der Waals surface area contributed by atoms with E-state index in [4.69, 9.17) is 0 Å². The van der Waals surface area contributed by atoms with Crippen LogP contribution in [-0.4, -0.2) is 10.4 Å². The molecule has 0 atom stereocenters. The fraction of sp³-hybridized carbons (Fsp3) is 0.154. The van der Waals surface area contributed by atoms with E-state index >= 15 is 0 Å². The molecule has 0 spiro atoms. The molecule has 0 aliphatic carbocycles. The van der Waals surface area contributed by atoms with Crippen LogP contribution in [0, 0.1) is 11.6 Å². The van der Waals surface area contributed by atoms with Gasteiger partial charge in [-0.2, -0.15) is 0 Å². The molecule has 2 nitrogen and oxygen atoms in total. The Morgan fingerprint density at radius 1 is 1.29 bits per heavy atom. The molecule has 1 heterocycles. The molecule has 2 aromatic rings. The van der Waals surface area contributed by atoms with Crippen LogP contribution in [0.3, 0.4) is 0 Å². The van der Waals surface area contributed by atoms with Crippen molar-refractivity contribution >= 4 is 5.78 Å². The molecule has 0 unspecified atom stereocenters. The van der Waals surface area contributed by atoms with Crippen molar-refractivity contribution in [2.24, 2.45) is 0 Å². The number of benzene rings is 1. The van der Waals surface area contributed by atoms with Gasteiger partial charge >= 0.3 is 0 Å². The molecule has 4 heteroatoms. The Hall–Kier alpha value is -1.97. The highest BCUT2D eigenvalue weighted by atomic mass is 19.1. The smallest absolute Gasteiger partial charge is 0.176 e. The van der Waals surface area contributed by atoms with Crippen LogP contribution in [0.15, 0.2) is 36.5 Å². The number of nitrogens with zero attached hydrogens (tertiary/aromatic N) is 1. The van der Waals surface area contributed by atoms with Gasteiger partial charge in [0.1, 0.15) is 11.6 Å². The van der Waals surface area contributed by atoms with Gasteiger partial charge in [0.05, 0.1) is 12.2 Å². The van der Waals surface area contributed by atoms with Crippen LogP contribution in [0.5, 0.6) is 0 Å². The van der Waals surface area contributed by atoms with Crippen molar-refractivity contribution in [2.75, 3.05) is 0 Å². The molecule has 0 amide bonds. The minimum Gasteiger partial charge on any atom is -0.341 e. The summed E-state index contributed by atoms with van der Waals surface area (Å²) in [7, 11) is 0. The summed E-state index contributed by atoms with van der Waals surface area (Å²) in [5, 5.41) is 0. The number of carbonyl (C=O) groups excluding carboxylic acids is 1. The zero-order valence-electron chi connectivity index (χ0n) is 9.28. The first-order chi connectivity index (χ1) is 8.08. The van der Waals surface area contributed by atoms with E-state index in [1.54, 1.807) is 22.9 Å². The third kappa shape index (κ3) is 2.41. The number of hydrogen-bond donors (Lipinski definition) is 0. The summed E-state index contributed by atoms with van der Waals surface area (Å²) >= 11 is 0. The van der Waals surface area contributed by atoms with E-state index in [2.05, 4.69) is 0 Å². The molecule has 0 aliphatic rings. The summed E-state index contributed by atoms with van der Waals surface area (Å²) < 4.78 is 28.0. The Morgan fingerprint density at radius 2 is 2.06 bits per heavy atom. The molecule has 2 rings (SSSR count). The Morgan fingerprint density at radius 3 is 2.76 bits per heavy atom. The third-order valence-electron chi connectivity index (χ3n) is 2.54. The molecule has 0 saturated heterocycles. The number of aromatic nitrogens is 1. The van der Waals surface area contributed by atoms with Crippen molar-refractivity contribution < 1.29 is 13.6 Å². The second-order valence-electron chi connectivity index (χ2n) is 3.81. The van der Waals surface area contributed by atoms with E-state index in [-0.39, 0.29) is 17.9 Å². The van der Waals surface area contributed by atoms with Crippen LogP contribution in [-0.2, 0) is 6.54 Å². The summed E-state index contributed by atoms with van der Waals surface area (Å²) in [6.07, 6.45) is 1.67. The average molecular weight is 235 g/mol. The Labute approximate surface area is 97.5 Å². The number of ketones is 1. The summed E-state index contributed by atoms with van der Waals surface area (Å²) in [4.78, 5) is 11.3. The molecule has 17 heavy (non-hydrogen) atoms. The maximum atomic E-state index is 13.4. The van der Waals surface area contributed by atoms with Crippen LogP contribution in [0.2, 0.25) is 0 Å². The van der Waals surface area contributed by atoms with Gasteiger partial charge in [-0.3, -0.25) is 4.79 Å². The van der Waals surface area contributed by atoms with E-state index in [9.17, 15) is 13.6 Å². The van der Waals surface area contributed by atoms with Crippen LogP contribution < -0.4 is 0 Å². The highest BCUT2D eigenvalue weighted by Gasteiger charge is 2.09. The molecule has 0 fully saturated rings. The van der Waals surface area contributed by atoms with Crippen LogP contribution in [0.1, 0.15) is 23.0 Å². The van der Waals surface area contributed by atoms with Gasteiger partial charge < -0.3 is 4.57 Å². The minimum absolute atomic E-state index is 0.105. The molecule has 0 aliphatic heterocycles. The predicted octanol–water partition coefficient (Wildman–Crippen LogP) is 3.02.